The number of hydrogen-bond donors (Lipinski definition) is 12. The lowest BCUT2D eigenvalue weighted by molar-refractivity contribution is -0.143. The Balaban J connectivity index is 2.41. The van der Waals surface area contributed by atoms with Crippen molar-refractivity contribution in [1.29, 1.82) is 0 Å². The van der Waals surface area contributed by atoms with E-state index in [1.807, 2.05) is 0 Å². The molecule has 0 spiro atoms. The summed E-state index contributed by atoms with van der Waals surface area (Å²) in [6.45, 7) is 3.16. The molecule has 22 nitrogen and oxygen atoms in total. The van der Waals surface area contributed by atoms with Crippen LogP contribution in [-0.4, -0.2) is 128 Å². The van der Waals surface area contributed by atoms with Crippen LogP contribution in [0.5, 0.6) is 0 Å². The van der Waals surface area contributed by atoms with Gasteiger partial charge < -0.3 is 63.7 Å². The van der Waals surface area contributed by atoms with Crippen LogP contribution in [0.4, 0.5) is 0 Å². The van der Waals surface area contributed by atoms with Gasteiger partial charge in [-0.05, 0) is 43.7 Å². The molecule has 2 aromatic rings. The SMILES string of the molecule is CC[C@H](C)[C@H](NC(=O)[C@H](CCC(=O)O)NC(=O)CN)C(=O)N[C@@H](CCCCN)C(=O)N[C@@H](Cc1ccccc1)C(=O)N[C@@H](CC(=O)O)C(=O)N[C@@H](Cc1cnc[nH]1)C(=O)O. The number of aromatic amines is 1. The molecule has 2 rings (SSSR count). The van der Waals surface area contributed by atoms with Gasteiger partial charge in [0.1, 0.15) is 36.3 Å². The lowest BCUT2D eigenvalue weighted by atomic mass is 9.96. The van der Waals surface area contributed by atoms with Crippen LogP contribution < -0.4 is 43.4 Å². The largest absolute Gasteiger partial charge is 0.481 e. The molecule has 0 saturated heterocycles. The van der Waals surface area contributed by atoms with Crippen molar-refractivity contribution in [2.75, 3.05) is 13.1 Å². The minimum atomic E-state index is -1.79. The van der Waals surface area contributed by atoms with Crippen molar-refractivity contribution in [3.05, 3.63) is 54.1 Å². The van der Waals surface area contributed by atoms with Gasteiger partial charge in [0, 0.05) is 31.2 Å². The third-order valence-corrected chi connectivity index (χ3v) is 9.38. The van der Waals surface area contributed by atoms with Crippen LogP contribution in [0, 0.1) is 5.92 Å². The highest BCUT2D eigenvalue weighted by atomic mass is 16.4. The predicted molar refractivity (Wildman–Crippen MR) is 212 cm³/mol. The van der Waals surface area contributed by atoms with Gasteiger partial charge in [-0.3, -0.25) is 38.4 Å². The number of carbonyl (C=O) groups excluding carboxylic acids is 6. The first-order chi connectivity index (χ1) is 28.5. The predicted octanol–water partition coefficient (Wildman–Crippen LogP) is -2.34. The van der Waals surface area contributed by atoms with E-state index in [9.17, 15) is 58.5 Å². The summed E-state index contributed by atoms with van der Waals surface area (Å²) in [6, 6.07) is -0.387. The number of nitrogens with two attached hydrogens (primary N) is 2. The van der Waals surface area contributed by atoms with Crippen molar-refractivity contribution in [2.45, 2.75) is 108 Å². The minimum Gasteiger partial charge on any atom is -0.481 e. The third kappa shape index (κ3) is 17.6. The first-order valence-electron chi connectivity index (χ1n) is 19.4. The highest BCUT2D eigenvalue weighted by molar-refractivity contribution is 5.97. The summed E-state index contributed by atoms with van der Waals surface area (Å²) in [6.07, 6.45) is 1.63. The summed E-state index contributed by atoms with van der Waals surface area (Å²) in [5, 5.41) is 43.2. The Morgan fingerprint density at radius 1 is 0.683 bits per heavy atom. The fourth-order valence-electron chi connectivity index (χ4n) is 5.84. The number of carboxylic acid groups (broad SMARTS) is 3. The Morgan fingerprint density at radius 3 is 1.83 bits per heavy atom. The molecular formula is C38H56N10O12. The van der Waals surface area contributed by atoms with Crippen LogP contribution in [0.25, 0.3) is 0 Å². The normalized spacial score (nSPS) is 14.4. The van der Waals surface area contributed by atoms with E-state index in [0.717, 1.165) is 0 Å². The lowest BCUT2D eigenvalue weighted by Crippen LogP contribution is -2.61. The number of aromatic nitrogens is 2. The Bertz CT molecular complexity index is 1760. The summed E-state index contributed by atoms with van der Waals surface area (Å²) >= 11 is 0. The molecule has 0 bridgehead atoms. The van der Waals surface area contributed by atoms with Crippen molar-refractivity contribution in [3.63, 3.8) is 0 Å². The van der Waals surface area contributed by atoms with Gasteiger partial charge in [0.15, 0.2) is 0 Å². The van der Waals surface area contributed by atoms with Gasteiger partial charge >= 0.3 is 17.9 Å². The van der Waals surface area contributed by atoms with Gasteiger partial charge in [0.05, 0.1) is 19.3 Å². The molecule has 0 aliphatic heterocycles. The molecule has 7 atom stereocenters. The number of nitrogens with one attached hydrogen (secondary N) is 7. The molecule has 0 aliphatic rings. The van der Waals surface area contributed by atoms with Crippen LogP contribution in [-0.2, 0) is 56.0 Å². The number of imidazole rings is 1. The fraction of sp³-hybridized carbons (Fsp3) is 0.526. The smallest absolute Gasteiger partial charge is 0.326 e. The van der Waals surface area contributed by atoms with Crippen LogP contribution in [0.15, 0.2) is 42.9 Å². The van der Waals surface area contributed by atoms with Crippen LogP contribution in [0.1, 0.15) is 70.1 Å². The lowest BCUT2D eigenvalue weighted by Gasteiger charge is -2.29. The van der Waals surface area contributed by atoms with E-state index in [0.29, 0.717) is 30.5 Å². The van der Waals surface area contributed by atoms with Gasteiger partial charge in [-0.25, -0.2) is 9.78 Å². The summed E-state index contributed by atoms with van der Waals surface area (Å²) in [5.74, 6) is -10.1. The van der Waals surface area contributed by atoms with Crippen molar-refractivity contribution in [2.24, 2.45) is 17.4 Å². The number of hydrogen-bond acceptors (Lipinski definition) is 12. The molecule has 1 heterocycles. The highest BCUT2D eigenvalue weighted by Crippen LogP contribution is 2.13. The monoisotopic (exact) mass is 844 g/mol. The van der Waals surface area contributed by atoms with Crippen molar-refractivity contribution >= 4 is 53.4 Å². The van der Waals surface area contributed by atoms with Gasteiger partial charge in [0.25, 0.3) is 0 Å². The topological polar surface area (TPSA) is 367 Å². The Kier molecular flexibility index (Phi) is 21.4. The summed E-state index contributed by atoms with van der Waals surface area (Å²) in [7, 11) is 0. The maximum Gasteiger partial charge on any atom is 0.326 e. The molecule has 0 unspecified atom stereocenters. The van der Waals surface area contributed by atoms with Crippen molar-refractivity contribution < 1.29 is 58.5 Å². The fourth-order valence-corrected chi connectivity index (χ4v) is 5.84. The number of benzene rings is 1. The van der Waals surface area contributed by atoms with Gasteiger partial charge in [0.2, 0.25) is 35.4 Å². The van der Waals surface area contributed by atoms with Gasteiger partial charge in [-0.2, -0.15) is 0 Å². The highest BCUT2D eigenvalue weighted by Gasteiger charge is 2.35. The van der Waals surface area contributed by atoms with Crippen molar-refractivity contribution in [3.8, 4) is 0 Å². The average molecular weight is 845 g/mol. The van der Waals surface area contributed by atoms with E-state index in [2.05, 4.69) is 41.9 Å². The minimum absolute atomic E-state index is 0.0143. The molecule has 330 valence electrons. The quantitative estimate of drug-likeness (QED) is 0.0400. The Hall–Kier alpha value is -6.42. The Morgan fingerprint density at radius 2 is 1.27 bits per heavy atom. The van der Waals surface area contributed by atoms with Crippen LogP contribution in [0.3, 0.4) is 0 Å². The van der Waals surface area contributed by atoms with E-state index in [1.165, 1.54) is 12.5 Å². The maximum atomic E-state index is 14.1. The number of amides is 6. The zero-order valence-corrected chi connectivity index (χ0v) is 33.5. The number of nitrogens with zero attached hydrogens (tertiary/aromatic N) is 1. The van der Waals surface area contributed by atoms with Crippen LogP contribution in [0.2, 0.25) is 0 Å². The number of aliphatic carboxylic acids is 3. The molecule has 14 N–H and O–H groups in total. The van der Waals surface area contributed by atoms with Crippen molar-refractivity contribution in [1.82, 2.24) is 41.9 Å². The molecule has 1 aromatic carbocycles. The molecule has 0 saturated carbocycles. The molecule has 0 radical (unpaired) electrons. The molecular weight excluding hydrogens is 788 g/mol. The zero-order valence-electron chi connectivity index (χ0n) is 33.5. The van der Waals surface area contributed by atoms with E-state index in [-0.39, 0.29) is 32.2 Å². The second-order valence-corrected chi connectivity index (χ2v) is 14.1. The van der Waals surface area contributed by atoms with E-state index >= 15 is 0 Å². The number of H-pyrrole nitrogens is 1. The number of rotatable bonds is 28. The summed E-state index contributed by atoms with van der Waals surface area (Å²) < 4.78 is 0. The number of unbranched alkanes of at least 4 members (excludes halogenated alkanes) is 1. The first kappa shape index (κ1) is 49.7. The third-order valence-electron chi connectivity index (χ3n) is 9.38. The molecule has 1 aromatic heterocycles. The second-order valence-electron chi connectivity index (χ2n) is 14.1. The number of carboxylic acids is 3. The molecule has 0 fully saturated rings. The molecule has 6 amide bonds. The van der Waals surface area contributed by atoms with Gasteiger partial charge in [-0.1, -0.05) is 50.6 Å². The first-order valence-corrected chi connectivity index (χ1v) is 19.4. The maximum absolute atomic E-state index is 14.1. The summed E-state index contributed by atoms with van der Waals surface area (Å²) in [5.41, 5.74) is 12.0. The van der Waals surface area contributed by atoms with E-state index < -0.39 is 115 Å². The molecule has 0 aliphatic carbocycles. The second kappa shape index (κ2) is 25.8. The average Bonchev–Trinajstić information content (AvgIpc) is 3.73. The molecule has 22 heteroatoms. The standard InChI is InChI=1S/C38H56N10O12/c1-3-21(2)32(48-34(55)25(12-13-30(50)51)43-29(49)18-40)37(58)44-24(11-7-8-14-39)33(54)45-26(15-22-9-5-4-6-10-22)35(56)46-27(17-31(52)53)36(57)47-28(38(59)60)16-23-19-41-20-42-23/h4-6,9-10,19-21,24-28,32H,3,7-8,11-18,39-40H2,1-2H3,(H,41,42)(H,43,49)(H,44,58)(H,45,54)(H,46,56)(H,47,57)(H,48,55)(H,50,51)(H,52,53)(H,59,60)/t21-,24-,25-,26-,27-,28-,32-/m0/s1. The van der Waals surface area contributed by atoms with Gasteiger partial charge in [-0.15, -0.1) is 0 Å². The molecule has 60 heavy (non-hydrogen) atoms. The van der Waals surface area contributed by atoms with Crippen LogP contribution >= 0.6 is 0 Å². The zero-order chi connectivity index (χ0) is 44.8. The van der Waals surface area contributed by atoms with E-state index in [1.54, 1.807) is 44.2 Å². The Labute approximate surface area is 345 Å². The van der Waals surface area contributed by atoms with E-state index in [4.69, 9.17) is 11.5 Å². The number of carbonyl (C=O) groups is 9. The summed E-state index contributed by atoms with van der Waals surface area (Å²) in [4.78, 5) is 122.